The van der Waals surface area contributed by atoms with Crippen LogP contribution in [0.15, 0.2) is 6.33 Å². The Bertz CT molecular complexity index is 876. The molecule has 0 spiro atoms. The minimum atomic E-state index is -4.22. The number of hydrogen-bond acceptors (Lipinski definition) is 9. The summed E-state index contributed by atoms with van der Waals surface area (Å²) >= 11 is 11.7. The van der Waals surface area contributed by atoms with Gasteiger partial charge in [0.2, 0.25) is 5.28 Å². The maximum Gasteiger partial charge on any atom is 0.333 e. The second-order valence-corrected chi connectivity index (χ2v) is 6.85. The van der Waals surface area contributed by atoms with E-state index in [0.29, 0.717) is 0 Å². The number of halogens is 2. The maximum atomic E-state index is 10.8. The zero-order valence-corrected chi connectivity index (χ0v) is 14.0. The van der Waals surface area contributed by atoms with Crippen molar-refractivity contribution in [2.45, 2.75) is 24.5 Å². The maximum absolute atomic E-state index is 10.8. The van der Waals surface area contributed by atoms with E-state index in [1.807, 2.05) is 0 Å². The molecule has 1 fully saturated rings. The molecule has 3 rings (SSSR count). The molecule has 0 bridgehead atoms. The molecule has 3 heterocycles. The lowest BCUT2D eigenvalue weighted by molar-refractivity contribution is -0.0467. The average Bonchev–Trinajstić information content (AvgIpc) is 3.00. The first-order valence-electron chi connectivity index (χ1n) is 6.41. The zero-order chi connectivity index (χ0) is 17.6. The van der Waals surface area contributed by atoms with Crippen LogP contribution < -0.4 is 5.14 Å². The summed E-state index contributed by atoms with van der Waals surface area (Å²) < 4.78 is 32.8. The Morgan fingerprint density at radius 1 is 1.33 bits per heavy atom. The van der Waals surface area contributed by atoms with Crippen LogP contribution in [0.4, 0.5) is 0 Å². The zero-order valence-electron chi connectivity index (χ0n) is 11.7. The van der Waals surface area contributed by atoms with Gasteiger partial charge in [0.15, 0.2) is 17.0 Å². The predicted octanol–water partition coefficient (Wildman–Crippen LogP) is -1.03. The fraction of sp³-hybridized carbons (Fsp3) is 0.500. The molecule has 1 aliphatic heterocycles. The minimum absolute atomic E-state index is 0.00546. The van der Waals surface area contributed by atoms with E-state index >= 15 is 0 Å². The largest absolute Gasteiger partial charge is 0.387 e. The van der Waals surface area contributed by atoms with Crippen molar-refractivity contribution < 1.29 is 27.6 Å². The standard InChI is InChI=1S/C10H11Cl2N5O6S/c11-7-4-8(16-10(12)15-7)17(2-14-4)9-6(19)5(18)3(23-9)1-22-24(13,20)21/h2-3,5-6,9,18-19H,1H2,(H2,13,20,21)/t3-,5-,6-,9-/m1/s1. The first-order chi connectivity index (χ1) is 11.2. The molecule has 132 valence electrons. The molecule has 14 heteroatoms. The Kier molecular flexibility index (Phi) is 4.65. The molecule has 2 aromatic heterocycles. The fourth-order valence-corrected chi connectivity index (χ4v) is 3.05. The van der Waals surface area contributed by atoms with Crippen molar-refractivity contribution in [1.82, 2.24) is 19.5 Å². The van der Waals surface area contributed by atoms with Crippen LogP contribution in [-0.4, -0.2) is 63.1 Å². The molecular formula is C10H11Cl2N5O6S. The number of fused-ring (bicyclic) bond motifs is 1. The van der Waals surface area contributed by atoms with Crippen LogP contribution in [0.5, 0.6) is 0 Å². The highest BCUT2D eigenvalue weighted by Crippen LogP contribution is 2.32. The Morgan fingerprint density at radius 3 is 2.71 bits per heavy atom. The summed E-state index contributed by atoms with van der Waals surface area (Å²) in [5, 5.41) is 24.7. The number of aliphatic hydroxyl groups excluding tert-OH is 2. The van der Waals surface area contributed by atoms with Crippen molar-refractivity contribution >= 4 is 44.7 Å². The highest BCUT2D eigenvalue weighted by Gasteiger charge is 2.45. The van der Waals surface area contributed by atoms with Crippen LogP contribution in [0.3, 0.4) is 0 Å². The molecule has 11 nitrogen and oxygen atoms in total. The van der Waals surface area contributed by atoms with Crippen molar-refractivity contribution in [3.05, 3.63) is 16.8 Å². The molecule has 0 amide bonds. The second kappa shape index (κ2) is 6.31. The molecule has 4 atom stereocenters. The van der Waals surface area contributed by atoms with Crippen LogP contribution in [0, 0.1) is 0 Å². The summed E-state index contributed by atoms with van der Waals surface area (Å²) in [5.41, 5.74) is 0.389. The molecule has 1 aliphatic rings. The molecule has 0 saturated carbocycles. The summed E-state index contributed by atoms with van der Waals surface area (Å²) in [6, 6.07) is 0. The summed E-state index contributed by atoms with van der Waals surface area (Å²) in [7, 11) is -4.22. The average molecular weight is 400 g/mol. The summed E-state index contributed by atoms with van der Waals surface area (Å²) in [4.78, 5) is 11.7. The van der Waals surface area contributed by atoms with Crippen LogP contribution in [0.25, 0.3) is 11.2 Å². The number of imidazole rings is 1. The first kappa shape index (κ1) is 17.7. The lowest BCUT2D eigenvalue weighted by Gasteiger charge is -2.16. The number of aromatic nitrogens is 4. The fourth-order valence-electron chi connectivity index (χ4n) is 2.30. The Labute approximate surface area is 145 Å². The normalized spacial score (nSPS) is 27.9. The molecule has 24 heavy (non-hydrogen) atoms. The summed E-state index contributed by atoms with van der Waals surface area (Å²) in [6.07, 6.45) is -3.84. The number of nitrogens with two attached hydrogens (primary N) is 1. The van der Waals surface area contributed by atoms with Crippen molar-refractivity contribution in [2.75, 3.05) is 6.61 Å². The third kappa shape index (κ3) is 3.32. The summed E-state index contributed by atoms with van der Waals surface area (Å²) in [6.45, 7) is -0.573. The topological polar surface area (TPSA) is 163 Å². The van der Waals surface area contributed by atoms with Gasteiger partial charge in [0, 0.05) is 0 Å². The van der Waals surface area contributed by atoms with E-state index in [1.165, 1.54) is 10.9 Å². The Hall–Kier alpha value is -1.12. The van der Waals surface area contributed by atoms with Gasteiger partial charge < -0.3 is 14.9 Å². The third-order valence-electron chi connectivity index (χ3n) is 3.36. The van der Waals surface area contributed by atoms with Gasteiger partial charge in [-0.1, -0.05) is 11.6 Å². The number of hydrogen-bond donors (Lipinski definition) is 3. The molecule has 0 aromatic carbocycles. The molecule has 2 aromatic rings. The molecular weight excluding hydrogens is 389 g/mol. The number of rotatable bonds is 4. The van der Waals surface area contributed by atoms with Gasteiger partial charge >= 0.3 is 10.3 Å². The van der Waals surface area contributed by atoms with E-state index in [2.05, 4.69) is 19.1 Å². The van der Waals surface area contributed by atoms with Gasteiger partial charge in [-0.25, -0.2) is 15.1 Å². The van der Waals surface area contributed by atoms with Crippen molar-refractivity contribution in [1.29, 1.82) is 0 Å². The van der Waals surface area contributed by atoms with Crippen LogP contribution in [0.1, 0.15) is 6.23 Å². The van der Waals surface area contributed by atoms with Crippen molar-refractivity contribution in [3.63, 3.8) is 0 Å². The van der Waals surface area contributed by atoms with Gasteiger partial charge in [0.05, 0.1) is 12.9 Å². The third-order valence-corrected chi connectivity index (χ3v) is 4.26. The van der Waals surface area contributed by atoms with Gasteiger partial charge in [-0.05, 0) is 11.6 Å². The molecule has 0 unspecified atom stereocenters. The highest BCUT2D eigenvalue weighted by atomic mass is 35.5. The number of nitrogens with zero attached hydrogens (tertiary/aromatic N) is 4. The van der Waals surface area contributed by atoms with Gasteiger partial charge in [0.25, 0.3) is 0 Å². The quantitative estimate of drug-likeness (QED) is 0.430. The number of ether oxygens (including phenoxy) is 1. The van der Waals surface area contributed by atoms with Crippen molar-refractivity contribution in [3.8, 4) is 0 Å². The van der Waals surface area contributed by atoms with E-state index in [4.69, 9.17) is 33.1 Å². The Morgan fingerprint density at radius 2 is 2.04 bits per heavy atom. The predicted molar refractivity (Wildman–Crippen MR) is 80.3 cm³/mol. The van der Waals surface area contributed by atoms with Gasteiger partial charge in [0.1, 0.15) is 23.8 Å². The molecule has 0 aliphatic carbocycles. The van der Waals surface area contributed by atoms with Gasteiger partial charge in [-0.15, -0.1) is 0 Å². The second-order valence-electron chi connectivity index (χ2n) is 4.93. The minimum Gasteiger partial charge on any atom is -0.387 e. The van der Waals surface area contributed by atoms with Gasteiger partial charge in [-0.2, -0.15) is 13.4 Å². The van der Waals surface area contributed by atoms with E-state index in [-0.39, 0.29) is 21.6 Å². The van der Waals surface area contributed by atoms with Gasteiger partial charge in [-0.3, -0.25) is 8.75 Å². The highest BCUT2D eigenvalue weighted by molar-refractivity contribution is 7.84. The lowest BCUT2D eigenvalue weighted by Crippen LogP contribution is -2.35. The van der Waals surface area contributed by atoms with Crippen LogP contribution in [-0.2, 0) is 19.2 Å². The van der Waals surface area contributed by atoms with Crippen molar-refractivity contribution in [2.24, 2.45) is 5.14 Å². The summed E-state index contributed by atoms with van der Waals surface area (Å²) in [5.74, 6) is 0. The lowest BCUT2D eigenvalue weighted by atomic mass is 10.1. The SMILES string of the molecule is NS(=O)(=O)OC[C@H]1O[C@@H](n2cnc3c(Cl)nc(Cl)nc32)[C@H](O)[C@@H]1O. The Balaban J connectivity index is 1.90. The van der Waals surface area contributed by atoms with E-state index in [1.54, 1.807) is 0 Å². The van der Waals surface area contributed by atoms with Crippen LogP contribution >= 0.6 is 23.2 Å². The van der Waals surface area contributed by atoms with Crippen LogP contribution in [0.2, 0.25) is 10.4 Å². The molecule has 1 saturated heterocycles. The molecule has 0 radical (unpaired) electrons. The smallest absolute Gasteiger partial charge is 0.333 e. The first-order valence-corrected chi connectivity index (χ1v) is 8.64. The monoisotopic (exact) mass is 399 g/mol. The molecule has 4 N–H and O–H groups in total. The van der Waals surface area contributed by atoms with E-state index < -0.39 is 41.5 Å². The number of aliphatic hydroxyl groups is 2. The van der Waals surface area contributed by atoms with E-state index in [9.17, 15) is 18.6 Å². The van der Waals surface area contributed by atoms with E-state index in [0.717, 1.165) is 0 Å².